The van der Waals surface area contributed by atoms with Crippen LogP contribution in [-0.2, 0) is 9.53 Å². The molecular formula is C13H24N2O3. The van der Waals surface area contributed by atoms with Crippen LogP contribution in [0.15, 0.2) is 0 Å². The van der Waals surface area contributed by atoms with Gasteiger partial charge in [-0.05, 0) is 25.2 Å². The normalized spacial score (nSPS) is 18.9. The Labute approximate surface area is 109 Å². The van der Waals surface area contributed by atoms with Crippen LogP contribution in [0.1, 0.15) is 39.5 Å². The number of piperidine rings is 1. The minimum Gasteiger partial charge on any atom is -0.467 e. The summed E-state index contributed by atoms with van der Waals surface area (Å²) in [7, 11) is 1.35. The summed E-state index contributed by atoms with van der Waals surface area (Å²) in [6, 6.07) is -0.695. The highest BCUT2D eigenvalue weighted by atomic mass is 16.5. The number of urea groups is 1. The molecule has 1 saturated heterocycles. The molecule has 1 aliphatic rings. The van der Waals surface area contributed by atoms with E-state index in [1.165, 1.54) is 13.5 Å². The van der Waals surface area contributed by atoms with E-state index in [0.717, 1.165) is 32.4 Å². The predicted octanol–water partition coefficient (Wildman–Crippen LogP) is 1.77. The molecule has 5 nitrogen and oxygen atoms in total. The predicted molar refractivity (Wildman–Crippen MR) is 69.2 cm³/mol. The quantitative estimate of drug-likeness (QED) is 0.780. The van der Waals surface area contributed by atoms with Crippen molar-refractivity contribution in [2.24, 2.45) is 5.92 Å². The molecule has 1 fully saturated rings. The van der Waals surface area contributed by atoms with Gasteiger partial charge in [-0.25, -0.2) is 9.59 Å². The lowest BCUT2D eigenvalue weighted by Gasteiger charge is -2.30. The van der Waals surface area contributed by atoms with Crippen molar-refractivity contribution in [3.05, 3.63) is 0 Å². The van der Waals surface area contributed by atoms with Gasteiger partial charge in [-0.2, -0.15) is 0 Å². The molecule has 0 aromatic rings. The lowest BCUT2D eigenvalue weighted by atomic mass is 9.99. The Morgan fingerprint density at radius 1 is 1.28 bits per heavy atom. The lowest BCUT2D eigenvalue weighted by Crippen LogP contribution is -2.52. The van der Waals surface area contributed by atoms with Gasteiger partial charge in [-0.1, -0.05) is 20.3 Å². The van der Waals surface area contributed by atoms with Crippen LogP contribution < -0.4 is 5.32 Å². The first kappa shape index (κ1) is 14.8. The second-order valence-corrected chi connectivity index (χ2v) is 4.88. The number of ether oxygens (including phenoxy) is 1. The fourth-order valence-electron chi connectivity index (χ4n) is 2.12. The highest BCUT2D eigenvalue weighted by Gasteiger charge is 2.28. The number of nitrogens with zero attached hydrogens (tertiary/aromatic N) is 1. The monoisotopic (exact) mass is 256 g/mol. The molecular weight excluding hydrogens is 232 g/mol. The summed E-state index contributed by atoms with van der Waals surface area (Å²) < 4.78 is 4.75. The molecule has 2 atom stereocenters. The number of likely N-dealkylation sites (tertiary alicyclic amines) is 1. The van der Waals surface area contributed by atoms with E-state index >= 15 is 0 Å². The topological polar surface area (TPSA) is 58.6 Å². The van der Waals surface area contributed by atoms with Gasteiger partial charge in [-0.3, -0.25) is 0 Å². The van der Waals surface area contributed by atoms with Gasteiger partial charge in [0.15, 0.2) is 0 Å². The van der Waals surface area contributed by atoms with Crippen LogP contribution in [-0.4, -0.2) is 43.1 Å². The Morgan fingerprint density at radius 3 is 2.39 bits per heavy atom. The molecule has 0 aromatic heterocycles. The second-order valence-electron chi connectivity index (χ2n) is 4.88. The Hall–Kier alpha value is -1.26. The third-order valence-electron chi connectivity index (χ3n) is 3.59. The van der Waals surface area contributed by atoms with Crippen molar-refractivity contribution < 1.29 is 14.3 Å². The van der Waals surface area contributed by atoms with Gasteiger partial charge in [0.1, 0.15) is 6.04 Å². The molecule has 1 rings (SSSR count). The molecule has 0 unspecified atom stereocenters. The largest absolute Gasteiger partial charge is 0.467 e. The van der Waals surface area contributed by atoms with E-state index in [4.69, 9.17) is 4.74 Å². The van der Waals surface area contributed by atoms with E-state index in [9.17, 15) is 9.59 Å². The maximum Gasteiger partial charge on any atom is 0.328 e. The van der Waals surface area contributed by atoms with E-state index in [-0.39, 0.29) is 17.9 Å². The molecule has 1 N–H and O–H groups in total. The van der Waals surface area contributed by atoms with Crippen LogP contribution in [0.2, 0.25) is 0 Å². The van der Waals surface area contributed by atoms with Crippen molar-refractivity contribution in [3.8, 4) is 0 Å². The number of hydrogen-bond acceptors (Lipinski definition) is 3. The third-order valence-corrected chi connectivity index (χ3v) is 3.59. The van der Waals surface area contributed by atoms with Crippen molar-refractivity contribution >= 4 is 12.0 Å². The molecule has 1 heterocycles. The van der Waals surface area contributed by atoms with Gasteiger partial charge >= 0.3 is 12.0 Å². The molecule has 0 aromatic carbocycles. The Bertz CT molecular complexity index is 288. The van der Waals surface area contributed by atoms with Gasteiger partial charge < -0.3 is 15.0 Å². The number of nitrogens with one attached hydrogen (secondary N) is 1. The Balaban J connectivity index is 2.58. The third kappa shape index (κ3) is 3.89. The van der Waals surface area contributed by atoms with Crippen molar-refractivity contribution in [3.63, 3.8) is 0 Å². The van der Waals surface area contributed by atoms with Gasteiger partial charge in [0.05, 0.1) is 7.11 Å². The first-order valence-corrected chi connectivity index (χ1v) is 6.73. The number of hydrogen-bond donors (Lipinski definition) is 1. The summed E-state index contributed by atoms with van der Waals surface area (Å²) in [6.45, 7) is 5.49. The number of amides is 2. The van der Waals surface area contributed by atoms with Crippen molar-refractivity contribution in [1.29, 1.82) is 0 Å². The zero-order valence-corrected chi connectivity index (χ0v) is 11.6. The van der Waals surface area contributed by atoms with E-state index in [1.54, 1.807) is 4.90 Å². The Kier molecular flexibility index (Phi) is 5.95. The van der Waals surface area contributed by atoms with Crippen molar-refractivity contribution in [2.75, 3.05) is 20.2 Å². The van der Waals surface area contributed by atoms with E-state index < -0.39 is 6.04 Å². The second kappa shape index (κ2) is 7.24. The molecule has 2 amide bonds. The lowest BCUT2D eigenvalue weighted by molar-refractivity contribution is -0.144. The summed E-state index contributed by atoms with van der Waals surface area (Å²) >= 11 is 0. The first-order chi connectivity index (χ1) is 8.60. The van der Waals surface area contributed by atoms with Gasteiger partial charge in [0, 0.05) is 13.1 Å². The van der Waals surface area contributed by atoms with Crippen LogP contribution in [0.25, 0.3) is 0 Å². The number of carbonyl (C=O) groups excluding carboxylic acids is 2. The summed E-state index contributed by atoms with van der Waals surface area (Å²) in [6.07, 6.45) is 4.08. The highest BCUT2D eigenvalue weighted by Crippen LogP contribution is 2.12. The van der Waals surface area contributed by atoms with Crippen LogP contribution in [0, 0.1) is 5.92 Å². The molecule has 0 spiro atoms. The van der Waals surface area contributed by atoms with Gasteiger partial charge in [-0.15, -0.1) is 0 Å². The summed E-state index contributed by atoms with van der Waals surface area (Å²) in [5, 5.41) is 2.80. The molecule has 18 heavy (non-hydrogen) atoms. The van der Waals surface area contributed by atoms with Crippen LogP contribution in [0.5, 0.6) is 0 Å². The fourth-order valence-corrected chi connectivity index (χ4v) is 2.12. The average Bonchev–Trinajstić information content (AvgIpc) is 2.43. The number of methoxy groups -OCH3 is 1. The molecule has 0 bridgehead atoms. The highest BCUT2D eigenvalue weighted by molar-refractivity contribution is 5.83. The van der Waals surface area contributed by atoms with Crippen LogP contribution in [0.3, 0.4) is 0 Å². The minimum atomic E-state index is -0.547. The molecule has 0 aliphatic carbocycles. The summed E-state index contributed by atoms with van der Waals surface area (Å²) in [5.41, 5.74) is 0. The van der Waals surface area contributed by atoms with Gasteiger partial charge in [0.25, 0.3) is 0 Å². The SMILES string of the molecule is CC[C@H](C)[C@@H](NC(=O)N1CCCCC1)C(=O)OC. The number of carbonyl (C=O) groups is 2. The molecule has 104 valence electrons. The van der Waals surface area contributed by atoms with Gasteiger partial charge in [0.2, 0.25) is 0 Å². The molecule has 0 saturated carbocycles. The van der Waals surface area contributed by atoms with E-state index in [1.807, 2.05) is 13.8 Å². The van der Waals surface area contributed by atoms with Crippen LogP contribution >= 0.6 is 0 Å². The molecule has 5 heteroatoms. The summed E-state index contributed by atoms with van der Waals surface area (Å²) in [5.74, 6) is -0.291. The molecule has 0 radical (unpaired) electrons. The first-order valence-electron chi connectivity index (χ1n) is 6.73. The van der Waals surface area contributed by atoms with Crippen molar-refractivity contribution in [2.45, 2.75) is 45.6 Å². The standard InChI is InChI=1S/C13H24N2O3/c1-4-10(2)11(12(16)18-3)14-13(17)15-8-6-5-7-9-15/h10-11H,4-9H2,1-3H3,(H,14,17)/t10-,11+/m0/s1. The van der Waals surface area contributed by atoms with E-state index in [2.05, 4.69) is 5.32 Å². The van der Waals surface area contributed by atoms with E-state index in [0.29, 0.717) is 0 Å². The molecule has 1 aliphatic heterocycles. The zero-order chi connectivity index (χ0) is 13.5. The van der Waals surface area contributed by atoms with Crippen molar-refractivity contribution in [1.82, 2.24) is 10.2 Å². The maximum atomic E-state index is 12.1. The Morgan fingerprint density at radius 2 is 1.89 bits per heavy atom. The number of rotatable bonds is 4. The maximum absolute atomic E-state index is 12.1. The smallest absolute Gasteiger partial charge is 0.328 e. The zero-order valence-electron chi connectivity index (χ0n) is 11.6. The number of esters is 1. The fraction of sp³-hybridized carbons (Fsp3) is 0.846. The average molecular weight is 256 g/mol. The minimum absolute atomic E-state index is 0.0752. The summed E-state index contributed by atoms with van der Waals surface area (Å²) in [4.78, 5) is 25.5. The van der Waals surface area contributed by atoms with Crippen LogP contribution in [0.4, 0.5) is 4.79 Å².